The van der Waals surface area contributed by atoms with Crippen molar-refractivity contribution in [2.75, 3.05) is 37.1 Å². The first kappa shape index (κ1) is 23.2. The van der Waals surface area contributed by atoms with Gasteiger partial charge < -0.3 is 19.7 Å². The minimum absolute atomic E-state index is 0.139. The summed E-state index contributed by atoms with van der Waals surface area (Å²) in [5.41, 5.74) is 0.795. The smallest absolute Gasteiger partial charge is 0.332 e. The molecule has 0 bridgehead atoms. The minimum atomic E-state index is -0.991. The largest absolute Gasteiger partial charge is 0.494 e. The van der Waals surface area contributed by atoms with Crippen molar-refractivity contribution in [1.29, 1.82) is 0 Å². The van der Waals surface area contributed by atoms with Crippen LogP contribution in [0.1, 0.15) is 19.8 Å². The summed E-state index contributed by atoms with van der Waals surface area (Å²) in [7, 11) is 1.48. The van der Waals surface area contributed by atoms with Crippen molar-refractivity contribution in [3.05, 3.63) is 54.3 Å². The Bertz CT molecular complexity index is 949. The van der Waals surface area contributed by atoms with Gasteiger partial charge >= 0.3 is 6.03 Å². The number of imide groups is 1. The fourth-order valence-electron chi connectivity index (χ4n) is 3.35. The summed E-state index contributed by atoms with van der Waals surface area (Å²) in [5.74, 6) is -0.744. The zero-order valence-electron chi connectivity index (χ0n) is 18.0. The van der Waals surface area contributed by atoms with Gasteiger partial charge in [0, 0.05) is 19.3 Å². The number of carbonyl (C=O) groups is 3. The standard InChI is InChI=1S/C23H26FN3O5/c1-3-13-32-19-10-6-17(7-11-19)25-21(28)15-20-22(29)27(18-8-4-16(24)5-9-18)23(30)26(20)12-14-31-2/h4-11,20H,3,12-15H2,1-2H3,(H,25,28)/t20-/m1/s1. The van der Waals surface area contributed by atoms with E-state index in [0.29, 0.717) is 18.0 Å². The van der Waals surface area contributed by atoms with Gasteiger partial charge in [-0.2, -0.15) is 0 Å². The molecule has 9 heteroatoms. The molecule has 2 aromatic rings. The molecule has 1 N–H and O–H groups in total. The molecule has 1 saturated heterocycles. The lowest BCUT2D eigenvalue weighted by Gasteiger charge is -2.21. The number of nitrogens with one attached hydrogen (secondary N) is 1. The summed E-state index contributed by atoms with van der Waals surface area (Å²) < 4.78 is 23.8. The van der Waals surface area contributed by atoms with E-state index >= 15 is 0 Å². The van der Waals surface area contributed by atoms with E-state index in [4.69, 9.17) is 9.47 Å². The van der Waals surface area contributed by atoms with Gasteiger partial charge in [0.15, 0.2) is 0 Å². The van der Waals surface area contributed by atoms with Crippen LogP contribution in [0.2, 0.25) is 0 Å². The average molecular weight is 443 g/mol. The molecule has 0 unspecified atom stereocenters. The first-order valence-electron chi connectivity index (χ1n) is 10.4. The highest BCUT2D eigenvalue weighted by atomic mass is 19.1. The minimum Gasteiger partial charge on any atom is -0.494 e. The normalized spacial score (nSPS) is 15.9. The van der Waals surface area contributed by atoms with Gasteiger partial charge in [-0.15, -0.1) is 0 Å². The number of halogens is 1. The van der Waals surface area contributed by atoms with Crippen LogP contribution in [0.15, 0.2) is 48.5 Å². The summed E-state index contributed by atoms with van der Waals surface area (Å²) in [6, 6.07) is 10.4. The maximum atomic E-state index is 13.3. The lowest BCUT2D eigenvalue weighted by molar-refractivity contribution is -0.124. The zero-order valence-corrected chi connectivity index (χ0v) is 18.0. The molecule has 1 aliphatic heterocycles. The van der Waals surface area contributed by atoms with E-state index in [9.17, 15) is 18.8 Å². The number of hydrogen-bond acceptors (Lipinski definition) is 5. The van der Waals surface area contributed by atoms with Crippen molar-refractivity contribution in [2.24, 2.45) is 0 Å². The average Bonchev–Trinajstić information content (AvgIpc) is 3.01. The van der Waals surface area contributed by atoms with E-state index in [1.54, 1.807) is 24.3 Å². The summed E-state index contributed by atoms with van der Waals surface area (Å²) in [6.45, 7) is 2.95. The third kappa shape index (κ3) is 5.42. The van der Waals surface area contributed by atoms with Crippen molar-refractivity contribution in [1.82, 2.24) is 4.90 Å². The molecule has 2 aromatic carbocycles. The van der Waals surface area contributed by atoms with Crippen LogP contribution in [0.4, 0.5) is 20.6 Å². The van der Waals surface area contributed by atoms with Crippen LogP contribution in [0, 0.1) is 5.82 Å². The number of ether oxygens (including phenoxy) is 2. The molecule has 0 saturated carbocycles. The highest BCUT2D eigenvalue weighted by Crippen LogP contribution is 2.27. The van der Waals surface area contributed by atoms with Gasteiger partial charge in [-0.25, -0.2) is 14.1 Å². The number of hydrogen-bond donors (Lipinski definition) is 1. The number of rotatable bonds is 10. The van der Waals surface area contributed by atoms with Gasteiger partial charge in [0.05, 0.1) is 25.3 Å². The molecule has 0 radical (unpaired) electrons. The van der Waals surface area contributed by atoms with E-state index in [0.717, 1.165) is 11.3 Å². The zero-order chi connectivity index (χ0) is 23.1. The number of amides is 4. The van der Waals surface area contributed by atoms with E-state index in [1.165, 1.54) is 36.3 Å². The molecule has 4 amide bonds. The van der Waals surface area contributed by atoms with Gasteiger partial charge in [0.2, 0.25) is 5.91 Å². The van der Waals surface area contributed by atoms with Crippen LogP contribution < -0.4 is 15.0 Å². The number of nitrogens with zero attached hydrogens (tertiary/aromatic N) is 2. The van der Waals surface area contributed by atoms with Crippen LogP contribution in [0.5, 0.6) is 5.75 Å². The number of anilines is 2. The van der Waals surface area contributed by atoms with Crippen molar-refractivity contribution >= 4 is 29.2 Å². The molecule has 1 atom stereocenters. The fourth-order valence-corrected chi connectivity index (χ4v) is 3.35. The Kier molecular flexibility index (Phi) is 7.77. The Morgan fingerprint density at radius 1 is 1.06 bits per heavy atom. The van der Waals surface area contributed by atoms with E-state index in [2.05, 4.69) is 5.32 Å². The topological polar surface area (TPSA) is 88.2 Å². The van der Waals surface area contributed by atoms with Crippen LogP contribution in [-0.4, -0.2) is 55.7 Å². The van der Waals surface area contributed by atoms with Crippen LogP contribution in [0.25, 0.3) is 0 Å². The first-order chi connectivity index (χ1) is 15.4. The second kappa shape index (κ2) is 10.7. The molecule has 0 spiro atoms. The third-order valence-corrected chi connectivity index (χ3v) is 4.93. The summed E-state index contributed by atoms with van der Waals surface area (Å²) in [4.78, 5) is 40.9. The number of urea groups is 1. The second-order valence-corrected chi connectivity index (χ2v) is 7.26. The second-order valence-electron chi connectivity index (χ2n) is 7.26. The van der Waals surface area contributed by atoms with Gasteiger partial charge in [-0.3, -0.25) is 9.59 Å². The van der Waals surface area contributed by atoms with Crippen LogP contribution in [-0.2, 0) is 14.3 Å². The maximum absolute atomic E-state index is 13.3. The van der Waals surface area contributed by atoms with E-state index in [-0.39, 0.29) is 25.3 Å². The van der Waals surface area contributed by atoms with Crippen molar-refractivity contribution in [2.45, 2.75) is 25.8 Å². The monoisotopic (exact) mass is 443 g/mol. The molecule has 8 nitrogen and oxygen atoms in total. The Balaban J connectivity index is 1.72. The van der Waals surface area contributed by atoms with Crippen LogP contribution in [0.3, 0.4) is 0 Å². The Hall–Kier alpha value is -3.46. The maximum Gasteiger partial charge on any atom is 0.332 e. The number of benzene rings is 2. The third-order valence-electron chi connectivity index (χ3n) is 4.93. The SMILES string of the molecule is CCCOc1ccc(NC(=O)C[C@@H]2C(=O)N(c3ccc(F)cc3)C(=O)N2CCOC)cc1. The van der Waals surface area contributed by atoms with Crippen molar-refractivity contribution in [3.63, 3.8) is 0 Å². The molecule has 1 aliphatic rings. The quantitative estimate of drug-likeness (QED) is 0.569. The molecule has 1 heterocycles. The summed E-state index contributed by atoms with van der Waals surface area (Å²) >= 11 is 0. The first-order valence-corrected chi connectivity index (χ1v) is 10.4. The van der Waals surface area contributed by atoms with Crippen LogP contribution >= 0.6 is 0 Å². The van der Waals surface area contributed by atoms with E-state index in [1.807, 2.05) is 6.92 Å². The predicted octanol–water partition coefficient (Wildman–Crippen LogP) is 3.43. The fraction of sp³-hybridized carbons (Fsp3) is 0.348. The summed E-state index contributed by atoms with van der Waals surface area (Å²) in [5, 5.41) is 2.74. The number of methoxy groups -OCH3 is 1. The Morgan fingerprint density at radius 2 is 1.75 bits per heavy atom. The van der Waals surface area contributed by atoms with Crippen molar-refractivity contribution < 1.29 is 28.2 Å². The summed E-state index contributed by atoms with van der Waals surface area (Å²) in [6.07, 6.45) is 0.668. The molecule has 0 aromatic heterocycles. The lowest BCUT2D eigenvalue weighted by Crippen LogP contribution is -2.39. The highest BCUT2D eigenvalue weighted by Gasteiger charge is 2.46. The van der Waals surface area contributed by atoms with Gasteiger partial charge in [-0.1, -0.05) is 6.92 Å². The Labute approximate surface area is 185 Å². The molecule has 1 fully saturated rings. The lowest BCUT2D eigenvalue weighted by atomic mass is 10.1. The molecule has 3 rings (SSSR count). The number of carbonyl (C=O) groups excluding carboxylic acids is 3. The molecule has 32 heavy (non-hydrogen) atoms. The van der Waals surface area contributed by atoms with Gasteiger partial charge in [-0.05, 0) is 55.0 Å². The molecule has 170 valence electrons. The van der Waals surface area contributed by atoms with Crippen molar-refractivity contribution in [3.8, 4) is 5.75 Å². The molecular weight excluding hydrogens is 417 g/mol. The Morgan fingerprint density at radius 3 is 2.38 bits per heavy atom. The van der Waals surface area contributed by atoms with Gasteiger partial charge in [0.1, 0.15) is 17.6 Å². The molecular formula is C23H26FN3O5. The predicted molar refractivity (Wildman–Crippen MR) is 117 cm³/mol. The highest BCUT2D eigenvalue weighted by molar-refractivity contribution is 6.22. The van der Waals surface area contributed by atoms with Gasteiger partial charge in [0.25, 0.3) is 5.91 Å². The van der Waals surface area contributed by atoms with E-state index < -0.39 is 29.7 Å². The molecule has 0 aliphatic carbocycles.